The minimum Gasteiger partial charge on any atom is -0.497 e. The van der Waals surface area contributed by atoms with E-state index in [1.807, 2.05) is 0 Å². The molecule has 10 heteroatoms. The van der Waals surface area contributed by atoms with Crippen LogP contribution < -0.4 is 19.1 Å². The number of nitrogens with one attached hydrogen (secondary N) is 1. The van der Waals surface area contributed by atoms with Crippen LogP contribution in [0.5, 0.6) is 11.5 Å². The molecule has 0 saturated carbocycles. The fourth-order valence-electron chi connectivity index (χ4n) is 3.10. The second-order valence-corrected chi connectivity index (χ2v) is 9.76. The van der Waals surface area contributed by atoms with Gasteiger partial charge in [-0.2, -0.15) is 0 Å². The maximum atomic E-state index is 12.7. The van der Waals surface area contributed by atoms with Gasteiger partial charge in [0.2, 0.25) is 10.0 Å². The Bertz CT molecular complexity index is 1240. The quantitative estimate of drug-likeness (QED) is 0.450. The van der Waals surface area contributed by atoms with Crippen molar-refractivity contribution in [2.75, 3.05) is 30.1 Å². The van der Waals surface area contributed by atoms with E-state index in [-0.39, 0.29) is 12.5 Å². The van der Waals surface area contributed by atoms with Crippen LogP contribution in [0.15, 0.2) is 60.7 Å². The molecule has 0 aliphatic heterocycles. The Hall–Kier alpha value is -2.94. The Morgan fingerprint density at radius 2 is 1.61 bits per heavy atom. The van der Waals surface area contributed by atoms with Gasteiger partial charge in [0.05, 0.1) is 38.4 Å². The summed E-state index contributed by atoms with van der Waals surface area (Å²) in [4.78, 5) is 12.7. The van der Waals surface area contributed by atoms with E-state index in [9.17, 15) is 13.2 Å². The Labute approximate surface area is 202 Å². The van der Waals surface area contributed by atoms with Crippen LogP contribution in [0, 0.1) is 0 Å². The second-order valence-electron chi connectivity index (χ2n) is 7.04. The van der Waals surface area contributed by atoms with Crippen LogP contribution in [0.2, 0.25) is 10.0 Å². The first kappa shape index (κ1) is 24.7. The average molecular weight is 509 g/mol. The van der Waals surface area contributed by atoms with E-state index in [4.69, 9.17) is 32.7 Å². The first-order valence-electron chi connectivity index (χ1n) is 9.68. The molecule has 1 amide bonds. The van der Waals surface area contributed by atoms with Crippen LogP contribution in [0.1, 0.15) is 15.9 Å². The van der Waals surface area contributed by atoms with Crippen LogP contribution in [0.25, 0.3) is 0 Å². The van der Waals surface area contributed by atoms with E-state index in [1.54, 1.807) is 48.5 Å². The maximum absolute atomic E-state index is 12.7. The summed E-state index contributed by atoms with van der Waals surface area (Å²) < 4.78 is 36.6. The first-order chi connectivity index (χ1) is 15.6. The van der Waals surface area contributed by atoms with Gasteiger partial charge in [-0.25, -0.2) is 8.42 Å². The van der Waals surface area contributed by atoms with Gasteiger partial charge in [-0.3, -0.25) is 9.10 Å². The predicted molar refractivity (Wildman–Crippen MR) is 131 cm³/mol. The normalized spacial score (nSPS) is 11.1. The summed E-state index contributed by atoms with van der Waals surface area (Å²) in [7, 11) is -0.634. The van der Waals surface area contributed by atoms with E-state index in [0.717, 1.165) is 6.26 Å². The van der Waals surface area contributed by atoms with Gasteiger partial charge in [0.15, 0.2) is 0 Å². The summed E-state index contributed by atoms with van der Waals surface area (Å²) in [6.45, 7) is -0.0497. The highest BCUT2D eigenvalue weighted by Gasteiger charge is 2.21. The Kier molecular flexibility index (Phi) is 7.73. The minimum absolute atomic E-state index is 0.0497. The lowest BCUT2D eigenvalue weighted by atomic mass is 10.1. The zero-order chi connectivity index (χ0) is 24.2. The van der Waals surface area contributed by atoms with Crippen molar-refractivity contribution >= 4 is 50.5 Å². The summed E-state index contributed by atoms with van der Waals surface area (Å²) in [6, 6.07) is 16.2. The van der Waals surface area contributed by atoms with Gasteiger partial charge >= 0.3 is 0 Å². The molecule has 0 aliphatic rings. The summed E-state index contributed by atoms with van der Waals surface area (Å²) >= 11 is 12.4. The highest BCUT2D eigenvalue weighted by molar-refractivity contribution is 7.92. The van der Waals surface area contributed by atoms with E-state index in [1.165, 1.54) is 30.7 Å². The van der Waals surface area contributed by atoms with Gasteiger partial charge in [0, 0.05) is 27.2 Å². The van der Waals surface area contributed by atoms with Crippen molar-refractivity contribution in [3.8, 4) is 11.5 Å². The molecule has 0 spiro atoms. The lowest BCUT2D eigenvalue weighted by Crippen LogP contribution is -2.29. The van der Waals surface area contributed by atoms with Crippen molar-refractivity contribution < 1.29 is 22.7 Å². The van der Waals surface area contributed by atoms with Crippen LogP contribution in [0.4, 0.5) is 11.4 Å². The number of rotatable bonds is 8. The number of benzene rings is 3. The third kappa shape index (κ3) is 5.90. The van der Waals surface area contributed by atoms with E-state index >= 15 is 0 Å². The van der Waals surface area contributed by atoms with Gasteiger partial charge in [0.25, 0.3) is 5.91 Å². The second kappa shape index (κ2) is 10.3. The molecule has 7 nitrogen and oxygen atoms in total. The molecular formula is C23H22Cl2N2O5S. The third-order valence-corrected chi connectivity index (χ3v) is 6.69. The molecule has 0 unspecified atom stereocenters. The van der Waals surface area contributed by atoms with Crippen molar-refractivity contribution in [2.24, 2.45) is 0 Å². The smallest absolute Gasteiger partial charge is 0.255 e. The Morgan fingerprint density at radius 3 is 2.15 bits per heavy atom. The highest BCUT2D eigenvalue weighted by Crippen LogP contribution is 2.31. The van der Waals surface area contributed by atoms with Crippen molar-refractivity contribution in [1.29, 1.82) is 0 Å². The van der Waals surface area contributed by atoms with Gasteiger partial charge in [0.1, 0.15) is 11.5 Å². The number of anilines is 2. The number of hydrogen-bond donors (Lipinski definition) is 1. The molecule has 174 valence electrons. The van der Waals surface area contributed by atoms with E-state index < -0.39 is 10.0 Å². The highest BCUT2D eigenvalue weighted by atomic mass is 35.5. The zero-order valence-corrected chi connectivity index (χ0v) is 20.5. The average Bonchev–Trinajstić information content (AvgIpc) is 2.78. The SMILES string of the molecule is COc1ccc(NC(=O)c2ccc(N(Cc3c(Cl)cccc3Cl)S(C)(=O)=O)cc2)c(OC)c1. The van der Waals surface area contributed by atoms with Gasteiger partial charge < -0.3 is 14.8 Å². The molecule has 3 rings (SSSR count). The van der Waals surface area contributed by atoms with Crippen LogP contribution in [-0.4, -0.2) is 34.8 Å². The number of ether oxygens (including phenoxy) is 2. The number of halogens is 2. The summed E-state index contributed by atoms with van der Waals surface area (Å²) in [5.74, 6) is 0.651. The number of sulfonamides is 1. The maximum Gasteiger partial charge on any atom is 0.255 e. The van der Waals surface area contributed by atoms with Crippen molar-refractivity contribution in [3.05, 3.63) is 81.8 Å². The molecule has 1 N–H and O–H groups in total. The van der Waals surface area contributed by atoms with Gasteiger partial charge in [-0.05, 0) is 48.5 Å². The molecule has 0 radical (unpaired) electrons. The molecule has 3 aromatic carbocycles. The predicted octanol–water partition coefficient (Wildman–Crippen LogP) is 5.23. The van der Waals surface area contributed by atoms with Crippen molar-refractivity contribution in [3.63, 3.8) is 0 Å². The number of carbonyl (C=O) groups is 1. The standard InChI is InChI=1S/C23H22Cl2N2O5S/c1-31-17-11-12-21(22(13-17)32-2)26-23(28)15-7-9-16(10-8-15)27(33(3,29)30)14-18-19(24)5-4-6-20(18)25/h4-13H,14H2,1-3H3,(H,26,28). The molecule has 3 aromatic rings. The molecule has 0 aliphatic carbocycles. The number of hydrogen-bond acceptors (Lipinski definition) is 5. The van der Waals surface area contributed by atoms with E-state index in [2.05, 4.69) is 5.32 Å². The zero-order valence-electron chi connectivity index (χ0n) is 18.1. The Balaban J connectivity index is 1.85. The fourth-order valence-corrected chi connectivity index (χ4v) is 4.49. The number of nitrogens with zero attached hydrogens (tertiary/aromatic N) is 1. The molecule has 0 saturated heterocycles. The lowest BCUT2D eigenvalue weighted by Gasteiger charge is -2.23. The van der Waals surface area contributed by atoms with Gasteiger partial charge in [-0.15, -0.1) is 0 Å². The van der Waals surface area contributed by atoms with Crippen LogP contribution in [0.3, 0.4) is 0 Å². The van der Waals surface area contributed by atoms with Crippen molar-refractivity contribution in [1.82, 2.24) is 0 Å². The molecule has 0 fully saturated rings. The third-order valence-electron chi connectivity index (χ3n) is 4.84. The largest absolute Gasteiger partial charge is 0.497 e. The summed E-state index contributed by atoms with van der Waals surface area (Å²) in [5.41, 5.74) is 1.66. The topological polar surface area (TPSA) is 84.9 Å². The van der Waals surface area contributed by atoms with Crippen molar-refractivity contribution in [2.45, 2.75) is 6.54 Å². The number of carbonyl (C=O) groups excluding carboxylic acids is 1. The molecular weight excluding hydrogens is 487 g/mol. The molecule has 0 aromatic heterocycles. The molecule has 0 heterocycles. The van der Waals surface area contributed by atoms with Crippen LogP contribution in [-0.2, 0) is 16.6 Å². The van der Waals surface area contributed by atoms with E-state index in [0.29, 0.717) is 44.0 Å². The molecule has 33 heavy (non-hydrogen) atoms. The summed E-state index contributed by atoms with van der Waals surface area (Å²) in [6.07, 6.45) is 1.09. The first-order valence-corrected chi connectivity index (χ1v) is 12.3. The van der Waals surface area contributed by atoms with Crippen LogP contribution >= 0.6 is 23.2 Å². The fraction of sp³-hybridized carbons (Fsp3) is 0.174. The van der Waals surface area contributed by atoms with Gasteiger partial charge in [-0.1, -0.05) is 29.3 Å². The minimum atomic E-state index is -3.66. The lowest BCUT2D eigenvalue weighted by molar-refractivity contribution is 0.102. The molecule has 0 bridgehead atoms. The number of methoxy groups -OCH3 is 2. The monoisotopic (exact) mass is 508 g/mol. The number of amides is 1. The molecule has 0 atom stereocenters. The summed E-state index contributed by atoms with van der Waals surface area (Å²) in [5, 5.41) is 3.50. The Morgan fingerprint density at radius 1 is 0.970 bits per heavy atom.